The minimum Gasteiger partial charge on any atom is -0.507 e. The molecule has 4 aromatic carbocycles. The second-order valence-corrected chi connectivity index (χ2v) is 10.9. The quantitative estimate of drug-likeness (QED) is 0.237. The van der Waals surface area contributed by atoms with Crippen LogP contribution in [0.1, 0.15) is 50.7 Å². The molecule has 0 saturated heterocycles. The number of aromatic hydroxyl groups is 1. The highest BCUT2D eigenvalue weighted by molar-refractivity contribution is 5.82. The van der Waals surface area contributed by atoms with Crippen molar-refractivity contribution in [2.45, 2.75) is 39.5 Å². The van der Waals surface area contributed by atoms with Crippen molar-refractivity contribution in [2.75, 3.05) is 0 Å². The summed E-state index contributed by atoms with van der Waals surface area (Å²) < 4.78 is 2.18. The van der Waals surface area contributed by atoms with Crippen LogP contribution in [0.15, 0.2) is 109 Å². The third-order valence-electron chi connectivity index (χ3n) is 7.49. The highest BCUT2D eigenvalue weighted by atomic mass is 16.3. The van der Waals surface area contributed by atoms with Gasteiger partial charge in [0.15, 0.2) is 0 Å². The van der Waals surface area contributed by atoms with E-state index in [4.69, 9.17) is 9.97 Å². The number of rotatable bonds is 6. The zero-order chi connectivity index (χ0) is 27.8. The Kier molecular flexibility index (Phi) is 6.69. The van der Waals surface area contributed by atoms with Crippen LogP contribution in [-0.4, -0.2) is 19.6 Å². The van der Waals surface area contributed by atoms with E-state index in [0.717, 1.165) is 44.9 Å². The van der Waals surface area contributed by atoms with Gasteiger partial charge in [-0.15, -0.1) is 0 Å². The molecule has 2 aromatic heterocycles. The molecule has 0 saturated carbocycles. The molecule has 0 aliphatic heterocycles. The largest absolute Gasteiger partial charge is 0.507 e. The predicted octanol–water partition coefficient (Wildman–Crippen LogP) is 9.37. The number of fused-ring (bicyclic) bond motifs is 1. The summed E-state index contributed by atoms with van der Waals surface area (Å²) in [5, 5.41) is 12.0. The van der Waals surface area contributed by atoms with Crippen LogP contribution in [0.5, 0.6) is 5.75 Å². The van der Waals surface area contributed by atoms with Crippen LogP contribution < -0.4 is 0 Å². The summed E-state index contributed by atoms with van der Waals surface area (Å²) in [7, 11) is 0. The van der Waals surface area contributed by atoms with Gasteiger partial charge in [0.2, 0.25) is 0 Å². The first-order chi connectivity index (χ1) is 19.4. The molecule has 6 rings (SSSR count). The number of imidazole rings is 1. The van der Waals surface area contributed by atoms with Gasteiger partial charge in [-0.2, -0.15) is 0 Å². The number of hydrogen-bond donors (Lipinski definition) is 1. The molecule has 0 aliphatic rings. The summed E-state index contributed by atoms with van der Waals surface area (Å²) in [5.74, 6) is 1.57. The minimum atomic E-state index is 0.211. The number of aromatic nitrogens is 3. The normalized spacial score (nSPS) is 11.6. The summed E-state index contributed by atoms with van der Waals surface area (Å²) in [4.78, 5) is 10.1. The molecule has 0 amide bonds. The summed E-state index contributed by atoms with van der Waals surface area (Å²) in [6.07, 6.45) is 2.11. The summed E-state index contributed by atoms with van der Waals surface area (Å²) in [5.41, 5.74) is 9.11. The highest BCUT2D eigenvalue weighted by Gasteiger charge is 2.22. The van der Waals surface area contributed by atoms with Crippen molar-refractivity contribution in [1.82, 2.24) is 14.5 Å². The van der Waals surface area contributed by atoms with Crippen molar-refractivity contribution in [2.24, 2.45) is 0 Å². The molecule has 0 radical (unpaired) electrons. The Balaban J connectivity index is 1.56. The zero-order valence-electron chi connectivity index (χ0n) is 23.3. The maximum atomic E-state index is 10.9. The predicted molar refractivity (Wildman–Crippen MR) is 165 cm³/mol. The Morgan fingerprint density at radius 1 is 0.625 bits per heavy atom. The van der Waals surface area contributed by atoms with Gasteiger partial charge in [-0.25, -0.2) is 9.97 Å². The van der Waals surface area contributed by atoms with Gasteiger partial charge in [-0.1, -0.05) is 100 Å². The lowest BCUT2D eigenvalue weighted by atomic mass is 9.92. The molecule has 1 N–H and O–H groups in total. The molecule has 0 bridgehead atoms. The Hall–Kier alpha value is -4.70. The molecule has 0 unspecified atom stereocenters. The number of nitrogens with zero attached hydrogens (tertiary/aromatic N) is 3. The van der Waals surface area contributed by atoms with E-state index in [0.29, 0.717) is 17.4 Å². The van der Waals surface area contributed by atoms with E-state index < -0.39 is 0 Å². The van der Waals surface area contributed by atoms with Crippen LogP contribution in [0.25, 0.3) is 50.5 Å². The topological polar surface area (TPSA) is 50.9 Å². The first kappa shape index (κ1) is 25.6. The molecule has 2 heterocycles. The van der Waals surface area contributed by atoms with Gasteiger partial charge in [0.25, 0.3) is 0 Å². The van der Waals surface area contributed by atoms with Crippen molar-refractivity contribution in [1.29, 1.82) is 0 Å². The SMILES string of the molecule is CC(C)c1cccc(C(C)C)c1-n1cc(-c2cccc(-c3ccc4ccccc4n3)c2)nc1-c1ccccc1O. The molecule has 4 nitrogen and oxygen atoms in total. The average molecular weight is 524 g/mol. The van der Waals surface area contributed by atoms with Crippen LogP contribution >= 0.6 is 0 Å². The molecule has 4 heteroatoms. The van der Waals surface area contributed by atoms with Gasteiger partial charge in [-0.05, 0) is 53.3 Å². The summed E-state index contributed by atoms with van der Waals surface area (Å²) >= 11 is 0. The molecule has 0 fully saturated rings. The summed E-state index contributed by atoms with van der Waals surface area (Å²) in [6.45, 7) is 8.89. The van der Waals surface area contributed by atoms with Crippen molar-refractivity contribution in [3.05, 3.63) is 120 Å². The third kappa shape index (κ3) is 4.66. The minimum absolute atomic E-state index is 0.211. The first-order valence-corrected chi connectivity index (χ1v) is 13.9. The number of phenols is 1. The number of pyridine rings is 1. The van der Waals surface area contributed by atoms with Crippen molar-refractivity contribution in [3.8, 4) is 45.3 Å². The van der Waals surface area contributed by atoms with Gasteiger partial charge in [-0.3, -0.25) is 4.57 Å². The maximum Gasteiger partial charge on any atom is 0.148 e. The fourth-order valence-electron chi connectivity index (χ4n) is 5.40. The van der Waals surface area contributed by atoms with Crippen molar-refractivity contribution >= 4 is 10.9 Å². The van der Waals surface area contributed by atoms with E-state index in [9.17, 15) is 5.11 Å². The standard InChI is InChI=1S/C36H33N3O/c1-23(2)28-15-10-16-29(24(3)4)35(28)39-22-33(38-36(39)30-14-6-8-18-34(30)40)27-13-9-12-26(21-27)32-20-19-25-11-5-7-17-31(25)37-32/h5-24,40H,1-4H3. The lowest BCUT2D eigenvalue weighted by Gasteiger charge is -2.22. The molecule has 0 spiro atoms. The lowest BCUT2D eigenvalue weighted by molar-refractivity contribution is 0.477. The van der Waals surface area contributed by atoms with E-state index in [2.05, 4.69) is 99.1 Å². The molecule has 0 aliphatic carbocycles. The Morgan fingerprint density at radius 3 is 2.00 bits per heavy atom. The lowest BCUT2D eigenvalue weighted by Crippen LogP contribution is -2.07. The monoisotopic (exact) mass is 523 g/mol. The number of phenolic OH excluding ortho intramolecular Hbond substituents is 1. The van der Waals surface area contributed by atoms with E-state index in [1.807, 2.05) is 36.4 Å². The Bertz CT molecular complexity index is 1800. The average Bonchev–Trinajstić information content (AvgIpc) is 3.41. The van der Waals surface area contributed by atoms with Crippen LogP contribution in [-0.2, 0) is 0 Å². The van der Waals surface area contributed by atoms with E-state index >= 15 is 0 Å². The molecular formula is C36H33N3O. The van der Waals surface area contributed by atoms with E-state index in [-0.39, 0.29) is 5.75 Å². The highest BCUT2D eigenvalue weighted by Crippen LogP contribution is 2.38. The molecule has 6 aromatic rings. The van der Waals surface area contributed by atoms with Gasteiger partial charge in [0.1, 0.15) is 11.6 Å². The Labute approximate surface area is 235 Å². The van der Waals surface area contributed by atoms with E-state index in [1.54, 1.807) is 6.07 Å². The second kappa shape index (κ2) is 10.5. The number of para-hydroxylation sites is 3. The molecular weight excluding hydrogens is 490 g/mol. The molecule has 198 valence electrons. The van der Waals surface area contributed by atoms with Gasteiger partial charge >= 0.3 is 0 Å². The van der Waals surface area contributed by atoms with Gasteiger partial charge < -0.3 is 5.11 Å². The van der Waals surface area contributed by atoms with Crippen molar-refractivity contribution in [3.63, 3.8) is 0 Å². The van der Waals surface area contributed by atoms with Crippen LogP contribution in [0.3, 0.4) is 0 Å². The number of benzene rings is 4. The molecule has 40 heavy (non-hydrogen) atoms. The first-order valence-electron chi connectivity index (χ1n) is 13.9. The molecule has 0 atom stereocenters. The maximum absolute atomic E-state index is 10.9. The second-order valence-electron chi connectivity index (χ2n) is 10.9. The van der Waals surface area contributed by atoms with Crippen LogP contribution in [0.2, 0.25) is 0 Å². The fourth-order valence-corrected chi connectivity index (χ4v) is 5.40. The van der Waals surface area contributed by atoms with Gasteiger partial charge in [0.05, 0.1) is 28.2 Å². The number of hydrogen-bond acceptors (Lipinski definition) is 3. The van der Waals surface area contributed by atoms with Crippen LogP contribution in [0.4, 0.5) is 0 Å². The van der Waals surface area contributed by atoms with Crippen LogP contribution in [0, 0.1) is 0 Å². The third-order valence-corrected chi connectivity index (χ3v) is 7.49. The smallest absolute Gasteiger partial charge is 0.148 e. The zero-order valence-corrected chi connectivity index (χ0v) is 23.3. The fraction of sp³-hybridized carbons (Fsp3) is 0.167. The summed E-state index contributed by atoms with van der Waals surface area (Å²) in [6, 6.07) is 34.7. The van der Waals surface area contributed by atoms with Crippen molar-refractivity contribution < 1.29 is 5.11 Å². The van der Waals surface area contributed by atoms with Gasteiger partial charge in [0, 0.05) is 22.7 Å². The van der Waals surface area contributed by atoms with E-state index in [1.165, 1.54) is 11.1 Å². The Morgan fingerprint density at radius 2 is 1.27 bits per heavy atom.